The smallest absolute Gasteiger partial charge is 0.407 e. The van der Waals surface area contributed by atoms with Crippen molar-refractivity contribution < 1.29 is 55.3 Å². The Kier molecular flexibility index (Phi) is 11.1. The Hall–Kier alpha value is -4.61. The van der Waals surface area contributed by atoms with Gasteiger partial charge in [-0.15, -0.1) is 0 Å². The Morgan fingerprint density at radius 1 is 1.12 bits per heavy atom. The number of fused-ring (bicyclic) bond motifs is 5. The number of sulfonamides is 1. The number of carbonyl (C=O) groups excluding carboxylic acids is 3. The fourth-order valence-electron chi connectivity index (χ4n) is 8.97. The molecule has 0 radical (unpaired) electrons. The number of nitrogens with zero attached hydrogens (tertiary/aromatic N) is 3. The minimum absolute atomic E-state index is 0.0113. The molecule has 0 bridgehead atoms. The number of carboxylic acid groups (broad SMARTS) is 1. The monoisotopic (exact) mass is 861 g/mol. The Bertz CT molecular complexity index is 2220. The third-order valence-electron chi connectivity index (χ3n) is 12.7. The van der Waals surface area contributed by atoms with Crippen molar-refractivity contribution in [3.05, 3.63) is 41.6 Å². The van der Waals surface area contributed by atoms with E-state index in [0.29, 0.717) is 60.7 Å². The Morgan fingerprint density at radius 3 is 2.50 bits per heavy atom. The van der Waals surface area contributed by atoms with Crippen LogP contribution in [0.4, 0.5) is 18.0 Å². The molecule has 3 aliphatic heterocycles. The second-order valence-electron chi connectivity index (χ2n) is 18.7. The highest BCUT2D eigenvalue weighted by molar-refractivity contribution is 7.91. The number of methoxy groups -OCH3 is 1. The first-order chi connectivity index (χ1) is 28.0. The van der Waals surface area contributed by atoms with Gasteiger partial charge in [-0.1, -0.05) is 45.8 Å². The van der Waals surface area contributed by atoms with Crippen LogP contribution in [0.25, 0.3) is 10.9 Å². The molecule has 14 nitrogen and oxygen atoms in total. The molecular weight excluding hydrogens is 808 g/mol. The van der Waals surface area contributed by atoms with Crippen LogP contribution in [0.2, 0.25) is 0 Å². The summed E-state index contributed by atoms with van der Waals surface area (Å²) in [5, 5.41) is 13.9. The Balaban J connectivity index is 1.30. The summed E-state index contributed by atoms with van der Waals surface area (Å²) in [5.41, 5.74) is -3.23. The third-order valence-corrected chi connectivity index (χ3v) is 14.8. The van der Waals surface area contributed by atoms with E-state index in [1.807, 2.05) is 26.8 Å². The maximum atomic E-state index is 15.1. The van der Waals surface area contributed by atoms with Gasteiger partial charge in [0.1, 0.15) is 34.7 Å². The molecule has 3 fully saturated rings. The Labute approximate surface area is 347 Å². The largest absolute Gasteiger partial charge is 0.497 e. The maximum Gasteiger partial charge on any atom is 0.407 e. The normalized spacial score (nSPS) is 28.0. The second-order valence-corrected chi connectivity index (χ2v) is 20.9. The summed E-state index contributed by atoms with van der Waals surface area (Å²) in [6, 6.07) is 2.25. The summed E-state index contributed by atoms with van der Waals surface area (Å²) >= 11 is 0. The first-order valence-corrected chi connectivity index (χ1v) is 22.1. The van der Waals surface area contributed by atoms with Gasteiger partial charge in [0.05, 0.1) is 36.0 Å². The minimum atomic E-state index is -4.66. The highest BCUT2D eigenvalue weighted by Crippen LogP contribution is 2.49. The molecule has 1 aromatic carbocycles. The van der Waals surface area contributed by atoms with Gasteiger partial charge in [-0.3, -0.25) is 24.0 Å². The fraction of sp³-hybridized carbons (Fsp3) is 0.643. The lowest BCUT2D eigenvalue weighted by Crippen LogP contribution is -2.59. The van der Waals surface area contributed by atoms with Gasteiger partial charge >= 0.3 is 12.3 Å². The van der Waals surface area contributed by atoms with Crippen molar-refractivity contribution in [2.45, 2.75) is 139 Å². The molecule has 2 aromatic rings. The van der Waals surface area contributed by atoms with Crippen LogP contribution in [0, 0.1) is 11.3 Å². The number of ether oxygens (including phenoxy) is 2. The molecule has 2 saturated carbocycles. The molecule has 60 heavy (non-hydrogen) atoms. The summed E-state index contributed by atoms with van der Waals surface area (Å²) in [4.78, 5) is 63.5. The number of amides is 4. The zero-order valence-corrected chi connectivity index (χ0v) is 35.4. The highest BCUT2D eigenvalue weighted by Gasteiger charge is 2.64. The van der Waals surface area contributed by atoms with Gasteiger partial charge < -0.3 is 24.8 Å². The van der Waals surface area contributed by atoms with Crippen LogP contribution >= 0.6 is 0 Å². The molecule has 5 atom stereocenters. The molecule has 1 spiro atoms. The lowest BCUT2D eigenvalue weighted by Gasteiger charge is -2.38. The van der Waals surface area contributed by atoms with Crippen LogP contribution in [-0.2, 0) is 37.2 Å². The summed E-state index contributed by atoms with van der Waals surface area (Å²) in [6.07, 6.45) is -0.192. The van der Waals surface area contributed by atoms with Crippen molar-refractivity contribution in [2.75, 3.05) is 20.2 Å². The number of allylic oxidation sites excluding steroid dienone is 1. The standard InChI is InChI=1S/C42H54F3N5O9S/c1-38(2,3)23-50(37(54)55)31-12-10-8-6-7-9-11-25-20-41(25,36(53)48-60(56,57)39(4)17-18-39)47-34(51)32-22-40(24-49(32)35(31)52)16-15-27-28-19-26(58-5)13-14-29(28)46-30(33(27)59-40)21-42(43,44)45/h9,11,13-14,19,25,31-32H,6-8,10,12,15-18,20-24H2,1-5H3,(H,47,51)(H,48,53)(H,54,55)/t25-,31+,32+,40-,41-/m1/s1. The van der Waals surface area contributed by atoms with Gasteiger partial charge in [-0.05, 0) is 81.9 Å². The molecule has 2 aliphatic carbocycles. The summed E-state index contributed by atoms with van der Waals surface area (Å²) < 4.78 is 82.0. The molecule has 328 valence electrons. The average Bonchev–Trinajstić information content (AvgIpc) is 4.05. The van der Waals surface area contributed by atoms with Gasteiger partial charge in [0.15, 0.2) is 0 Å². The summed E-state index contributed by atoms with van der Waals surface area (Å²) in [7, 11) is -2.63. The van der Waals surface area contributed by atoms with E-state index in [1.165, 1.54) is 18.9 Å². The summed E-state index contributed by atoms with van der Waals surface area (Å²) in [5.74, 6) is -2.57. The number of halogens is 3. The number of aromatic nitrogens is 1. The first-order valence-electron chi connectivity index (χ1n) is 20.6. The van der Waals surface area contributed by atoms with E-state index in [0.717, 1.165) is 4.90 Å². The number of aryl methyl sites for hydroxylation is 1. The molecule has 7 rings (SSSR count). The zero-order chi connectivity index (χ0) is 43.6. The highest BCUT2D eigenvalue weighted by atomic mass is 32.2. The summed E-state index contributed by atoms with van der Waals surface area (Å²) in [6.45, 7) is 6.77. The lowest BCUT2D eigenvalue weighted by molar-refractivity contribution is -0.143. The molecule has 18 heteroatoms. The van der Waals surface area contributed by atoms with E-state index < -0.39 is 85.7 Å². The molecule has 0 unspecified atom stereocenters. The van der Waals surface area contributed by atoms with Gasteiger partial charge in [0.2, 0.25) is 21.8 Å². The second kappa shape index (κ2) is 15.4. The number of pyridine rings is 1. The topological polar surface area (TPSA) is 185 Å². The van der Waals surface area contributed by atoms with Crippen LogP contribution in [-0.4, -0.2) is 106 Å². The average molecular weight is 862 g/mol. The molecule has 1 aromatic heterocycles. The van der Waals surface area contributed by atoms with Gasteiger partial charge in [-0.2, -0.15) is 13.2 Å². The van der Waals surface area contributed by atoms with Crippen molar-refractivity contribution in [1.82, 2.24) is 24.8 Å². The van der Waals surface area contributed by atoms with Crippen LogP contribution < -0.4 is 19.5 Å². The van der Waals surface area contributed by atoms with E-state index in [-0.39, 0.29) is 56.6 Å². The predicted molar refractivity (Wildman–Crippen MR) is 214 cm³/mol. The van der Waals surface area contributed by atoms with E-state index >= 15 is 4.79 Å². The number of nitrogens with one attached hydrogen (secondary N) is 2. The van der Waals surface area contributed by atoms with Gasteiger partial charge in [-0.25, -0.2) is 18.2 Å². The van der Waals surface area contributed by atoms with E-state index in [4.69, 9.17) is 9.47 Å². The Morgan fingerprint density at radius 2 is 1.85 bits per heavy atom. The first kappa shape index (κ1) is 43.5. The number of hydrogen-bond donors (Lipinski definition) is 3. The van der Waals surface area contributed by atoms with Crippen molar-refractivity contribution in [1.29, 1.82) is 0 Å². The van der Waals surface area contributed by atoms with Crippen LogP contribution in [0.3, 0.4) is 0 Å². The number of alkyl halides is 3. The molecule has 5 aliphatic rings. The molecule has 4 heterocycles. The lowest BCUT2D eigenvalue weighted by atomic mass is 9.86. The van der Waals surface area contributed by atoms with Crippen molar-refractivity contribution in [3.8, 4) is 11.5 Å². The number of carbonyl (C=O) groups is 4. The van der Waals surface area contributed by atoms with Crippen LogP contribution in [0.5, 0.6) is 11.5 Å². The molecular formula is C42H54F3N5O9S. The van der Waals surface area contributed by atoms with E-state index in [2.05, 4.69) is 15.0 Å². The third kappa shape index (κ3) is 8.62. The van der Waals surface area contributed by atoms with Crippen LogP contribution in [0.15, 0.2) is 30.4 Å². The number of benzene rings is 1. The fourth-order valence-corrected chi connectivity index (χ4v) is 10.3. The molecule has 1 saturated heterocycles. The SMILES string of the molecule is COc1ccc2nc(CC(F)(F)F)c3c(c2c1)CC[C@]1(C[C@H]2C(=O)N[C@]4(C(=O)NS(=O)(=O)C5(C)CC5)C[C@H]4C=CCCCCC[C@H](N(CC(C)(C)C)C(=O)O)C(=O)N2C1)O3. The molecule has 4 amide bonds. The maximum absolute atomic E-state index is 15.1. The van der Waals surface area contributed by atoms with Crippen molar-refractivity contribution in [3.63, 3.8) is 0 Å². The van der Waals surface area contributed by atoms with Crippen molar-refractivity contribution in [2.24, 2.45) is 11.3 Å². The van der Waals surface area contributed by atoms with Gasteiger partial charge in [0.25, 0.3) is 5.91 Å². The van der Waals surface area contributed by atoms with Crippen LogP contribution in [0.1, 0.15) is 103 Å². The van der Waals surface area contributed by atoms with Gasteiger partial charge in [0, 0.05) is 29.8 Å². The quantitative estimate of drug-likeness (QED) is 0.288. The minimum Gasteiger partial charge on any atom is -0.497 e. The van der Waals surface area contributed by atoms with Crippen molar-refractivity contribution >= 4 is 44.7 Å². The predicted octanol–water partition coefficient (Wildman–Crippen LogP) is 5.80. The molecule has 3 N–H and O–H groups in total. The zero-order valence-electron chi connectivity index (χ0n) is 34.6. The number of hydrogen-bond acceptors (Lipinski definition) is 9. The number of rotatable bonds is 7. The van der Waals surface area contributed by atoms with E-state index in [9.17, 15) is 41.1 Å². The van der Waals surface area contributed by atoms with E-state index in [1.54, 1.807) is 24.3 Å².